The maximum atomic E-state index is 9.20. The standard InChI is InChI=1S/C15H23BrN2O/c1-3-18-8-6-13(7-9-18)17(2)14-5-4-12(11-19)15(16)10-14/h4-5,10,13,19H,3,6-9,11H2,1-2H3. The summed E-state index contributed by atoms with van der Waals surface area (Å²) in [6.45, 7) is 5.87. The molecule has 0 amide bonds. The van der Waals surface area contributed by atoms with Crippen molar-refractivity contribution in [1.29, 1.82) is 0 Å². The van der Waals surface area contributed by atoms with Gasteiger partial charge in [-0.05, 0) is 37.1 Å². The van der Waals surface area contributed by atoms with E-state index in [0.717, 1.165) is 16.6 Å². The van der Waals surface area contributed by atoms with Crippen LogP contribution in [0.15, 0.2) is 22.7 Å². The van der Waals surface area contributed by atoms with Gasteiger partial charge < -0.3 is 14.9 Å². The number of hydrogen-bond acceptors (Lipinski definition) is 3. The Bertz CT molecular complexity index is 417. The van der Waals surface area contributed by atoms with Crippen molar-refractivity contribution < 1.29 is 5.11 Å². The van der Waals surface area contributed by atoms with Gasteiger partial charge in [-0.3, -0.25) is 0 Å². The average Bonchev–Trinajstić information content (AvgIpc) is 2.46. The highest BCUT2D eigenvalue weighted by Gasteiger charge is 2.22. The quantitative estimate of drug-likeness (QED) is 0.921. The number of nitrogens with zero attached hydrogens (tertiary/aromatic N) is 2. The number of aliphatic hydroxyl groups is 1. The van der Waals surface area contributed by atoms with E-state index in [9.17, 15) is 5.11 Å². The smallest absolute Gasteiger partial charge is 0.0692 e. The molecule has 19 heavy (non-hydrogen) atoms. The molecular formula is C15H23BrN2O. The Labute approximate surface area is 124 Å². The molecule has 1 aromatic carbocycles. The first-order valence-electron chi connectivity index (χ1n) is 7.00. The predicted octanol–water partition coefficient (Wildman–Crippen LogP) is 2.86. The number of anilines is 1. The van der Waals surface area contributed by atoms with E-state index in [1.54, 1.807) is 0 Å². The molecule has 3 nitrogen and oxygen atoms in total. The topological polar surface area (TPSA) is 26.7 Å². The first-order valence-corrected chi connectivity index (χ1v) is 7.79. The van der Waals surface area contributed by atoms with Crippen molar-refractivity contribution in [2.75, 3.05) is 31.6 Å². The third kappa shape index (κ3) is 3.50. The minimum Gasteiger partial charge on any atom is -0.392 e. The van der Waals surface area contributed by atoms with Gasteiger partial charge in [-0.25, -0.2) is 0 Å². The van der Waals surface area contributed by atoms with Crippen LogP contribution in [0.1, 0.15) is 25.3 Å². The molecular weight excluding hydrogens is 304 g/mol. The molecule has 1 saturated heterocycles. The average molecular weight is 327 g/mol. The van der Waals surface area contributed by atoms with E-state index < -0.39 is 0 Å². The largest absolute Gasteiger partial charge is 0.392 e. The van der Waals surface area contributed by atoms with Gasteiger partial charge in [-0.2, -0.15) is 0 Å². The minimum absolute atomic E-state index is 0.0828. The van der Waals surface area contributed by atoms with Crippen molar-refractivity contribution >= 4 is 21.6 Å². The lowest BCUT2D eigenvalue weighted by Crippen LogP contribution is -2.43. The number of halogens is 1. The van der Waals surface area contributed by atoms with Crippen LogP contribution in [0, 0.1) is 0 Å². The maximum Gasteiger partial charge on any atom is 0.0692 e. The molecule has 106 valence electrons. The molecule has 2 rings (SSSR count). The third-order valence-corrected chi connectivity index (χ3v) is 4.90. The lowest BCUT2D eigenvalue weighted by Gasteiger charge is -2.37. The van der Waals surface area contributed by atoms with Gasteiger partial charge in [0.2, 0.25) is 0 Å². The van der Waals surface area contributed by atoms with Crippen LogP contribution < -0.4 is 4.90 Å². The summed E-state index contributed by atoms with van der Waals surface area (Å²) in [7, 11) is 2.17. The first-order chi connectivity index (χ1) is 9.15. The van der Waals surface area contributed by atoms with E-state index in [2.05, 4.69) is 51.8 Å². The van der Waals surface area contributed by atoms with E-state index in [1.807, 2.05) is 6.07 Å². The summed E-state index contributed by atoms with van der Waals surface area (Å²) in [5, 5.41) is 9.20. The van der Waals surface area contributed by atoms with Gasteiger partial charge in [0.15, 0.2) is 0 Å². The number of piperidine rings is 1. The van der Waals surface area contributed by atoms with Gasteiger partial charge in [0.25, 0.3) is 0 Å². The van der Waals surface area contributed by atoms with Gasteiger partial charge in [0, 0.05) is 36.3 Å². The van der Waals surface area contributed by atoms with Crippen LogP contribution in [0.3, 0.4) is 0 Å². The summed E-state index contributed by atoms with van der Waals surface area (Å²) in [4.78, 5) is 4.88. The van der Waals surface area contributed by atoms with E-state index in [1.165, 1.54) is 31.6 Å². The van der Waals surface area contributed by atoms with Crippen molar-refractivity contribution in [3.63, 3.8) is 0 Å². The van der Waals surface area contributed by atoms with Crippen LogP contribution in [0.2, 0.25) is 0 Å². The van der Waals surface area contributed by atoms with Crippen LogP contribution in [0.4, 0.5) is 5.69 Å². The van der Waals surface area contributed by atoms with Crippen molar-refractivity contribution in [2.45, 2.75) is 32.4 Å². The fourth-order valence-corrected chi connectivity index (χ4v) is 3.21. The molecule has 0 bridgehead atoms. The Hall–Kier alpha value is -0.580. The van der Waals surface area contributed by atoms with Gasteiger partial charge in [-0.1, -0.05) is 28.9 Å². The summed E-state index contributed by atoms with van der Waals surface area (Å²) in [5.74, 6) is 0. The van der Waals surface area contributed by atoms with Crippen molar-refractivity contribution in [1.82, 2.24) is 4.90 Å². The van der Waals surface area contributed by atoms with Crippen molar-refractivity contribution in [2.24, 2.45) is 0 Å². The fourth-order valence-electron chi connectivity index (χ4n) is 2.72. The molecule has 1 aliphatic rings. The van der Waals surface area contributed by atoms with Crippen LogP contribution in [-0.2, 0) is 6.61 Å². The third-order valence-electron chi connectivity index (χ3n) is 4.17. The van der Waals surface area contributed by atoms with Gasteiger partial charge in [0.1, 0.15) is 0 Å². The number of rotatable bonds is 4. The SMILES string of the molecule is CCN1CCC(N(C)c2ccc(CO)c(Br)c2)CC1. The summed E-state index contributed by atoms with van der Waals surface area (Å²) in [5.41, 5.74) is 2.16. The molecule has 0 radical (unpaired) electrons. The second-order valence-corrected chi connectivity index (χ2v) is 6.06. The molecule has 1 heterocycles. The molecule has 0 aromatic heterocycles. The van der Waals surface area contributed by atoms with Crippen molar-refractivity contribution in [3.8, 4) is 0 Å². The monoisotopic (exact) mass is 326 g/mol. The second-order valence-electron chi connectivity index (χ2n) is 5.21. The van der Waals surface area contributed by atoms with Crippen LogP contribution in [0.5, 0.6) is 0 Å². The highest BCUT2D eigenvalue weighted by molar-refractivity contribution is 9.10. The highest BCUT2D eigenvalue weighted by atomic mass is 79.9. The molecule has 0 saturated carbocycles. The lowest BCUT2D eigenvalue weighted by atomic mass is 10.0. The summed E-state index contributed by atoms with van der Waals surface area (Å²) < 4.78 is 0.991. The molecule has 0 atom stereocenters. The van der Waals surface area contributed by atoms with Crippen LogP contribution in [-0.4, -0.2) is 42.7 Å². The number of likely N-dealkylation sites (tertiary alicyclic amines) is 1. The lowest BCUT2D eigenvalue weighted by molar-refractivity contribution is 0.221. The predicted molar refractivity (Wildman–Crippen MR) is 83.6 cm³/mol. The summed E-state index contributed by atoms with van der Waals surface area (Å²) >= 11 is 3.53. The molecule has 0 aliphatic carbocycles. The number of benzene rings is 1. The van der Waals surface area contributed by atoms with E-state index in [0.29, 0.717) is 6.04 Å². The van der Waals surface area contributed by atoms with Gasteiger partial charge in [-0.15, -0.1) is 0 Å². The summed E-state index contributed by atoms with van der Waals surface area (Å²) in [6.07, 6.45) is 2.45. The Balaban J connectivity index is 2.03. The van der Waals surface area contributed by atoms with E-state index in [-0.39, 0.29) is 6.61 Å². The summed E-state index contributed by atoms with van der Waals surface area (Å²) in [6, 6.07) is 6.83. The van der Waals surface area contributed by atoms with E-state index >= 15 is 0 Å². The molecule has 4 heteroatoms. The fraction of sp³-hybridized carbons (Fsp3) is 0.600. The minimum atomic E-state index is 0.0828. The Morgan fingerprint density at radius 2 is 2.05 bits per heavy atom. The van der Waals surface area contributed by atoms with Crippen molar-refractivity contribution in [3.05, 3.63) is 28.2 Å². The molecule has 1 N–H and O–H groups in total. The molecule has 1 aliphatic heterocycles. The highest BCUT2D eigenvalue weighted by Crippen LogP contribution is 2.27. The zero-order valence-corrected chi connectivity index (χ0v) is 13.4. The number of hydrogen-bond donors (Lipinski definition) is 1. The van der Waals surface area contributed by atoms with Crippen LogP contribution in [0.25, 0.3) is 0 Å². The zero-order chi connectivity index (χ0) is 13.8. The molecule has 1 aromatic rings. The zero-order valence-electron chi connectivity index (χ0n) is 11.8. The van der Waals surface area contributed by atoms with Gasteiger partial charge >= 0.3 is 0 Å². The molecule has 0 spiro atoms. The van der Waals surface area contributed by atoms with Gasteiger partial charge in [0.05, 0.1) is 6.61 Å². The first kappa shape index (κ1) is 14.8. The number of aliphatic hydroxyl groups excluding tert-OH is 1. The Morgan fingerprint density at radius 1 is 1.37 bits per heavy atom. The normalized spacial score (nSPS) is 17.7. The second kappa shape index (κ2) is 6.73. The van der Waals surface area contributed by atoms with E-state index in [4.69, 9.17) is 0 Å². The van der Waals surface area contributed by atoms with Crippen LogP contribution >= 0.6 is 15.9 Å². The molecule has 0 unspecified atom stereocenters. The maximum absolute atomic E-state index is 9.20. The Kier molecular flexibility index (Phi) is 5.25. The Morgan fingerprint density at radius 3 is 2.58 bits per heavy atom. The molecule has 1 fully saturated rings.